The Bertz CT molecular complexity index is 593. The number of carbonyl (C=O) groups is 1. The predicted octanol–water partition coefficient (Wildman–Crippen LogP) is 4.37. The molecule has 2 amide bonds. The molecule has 0 saturated carbocycles. The Morgan fingerprint density at radius 2 is 1.59 bits per heavy atom. The van der Waals surface area contributed by atoms with Crippen LogP contribution in [0.2, 0.25) is 0 Å². The normalized spacial score (nSPS) is 10.4. The fourth-order valence-electron chi connectivity index (χ4n) is 2.28. The summed E-state index contributed by atoms with van der Waals surface area (Å²) in [5.74, 6) is 0. The molecule has 0 heterocycles. The molecule has 0 fully saturated rings. The molecule has 2 aromatic rings. The van der Waals surface area contributed by atoms with E-state index in [1.807, 2.05) is 75.4 Å². The maximum atomic E-state index is 12.2. The molecule has 0 saturated heterocycles. The maximum Gasteiger partial charge on any atom is 0.322 e. The van der Waals surface area contributed by atoms with E-state index in [1.54, 1.807) is 4.90 Å². The molecule has 0 aliphatic rings. The summed E-state index contributed by atoms with van der Waals surface area (Å²) in [5.41, 5.74) is 2.92. The molecule has 0 aliphatic heterocycles. The van der Waals surface area contributed by atoms with Gasteiger partial charge in [0, 0.05) is 29.6 Å². The summed E-state index contributed by atoms with van der Waals surface area (Å²) in [5, 5.41) is 6.19. The number of para-hydroxylation sites is 1. The highest BCUT2D eigenvalue weighted by Gasteiger charge is 2.17. The summed E-state index contributed by atoms with van der Waals surface area (Å²) in [6.07, 6.45) is 0. The number of rotatable bonds is 5. The second kappa shape index (κ2) is 7.50. The molecule has 4 heteroatoms. The standard InChI is InChI=1S/C18H23N3O/c1-4-19-18(22)21(14(2)3)17-12-10-16(11-13-17)20-15-8-6-5-7-9-15/h5-14,20H,4H2,1-3H3,(H,19,22). The molecule has 22 heavy (non-hydrogen) atoms. The number of hydrogen-bond acceptors (Lipinski definition) is 2. The molecular formula is C18H23N3O. The number of hydrogen-bond donors (Lipinski definition) is 2. The third-order valence-electron chi connectivity index (χ3n) is 3.27. The Morgan fingerprint density at radius 1 is 1.00 bits per heavy atom. The van der Waals surface area contributed by atoms with Gasteiger partial charge in [0.25, 0.3) is 0 Å². The van der Waals surface area contributed by atoms with Crippen LogP contribution in [0.3, 0.4) is 0 Å². The summed E-state index contributed by atoms with van der Waals surface area (Å²) in [4.78, 5) is 13.9. The van der Waals surface area contributed by atoms with E-state index in [2.05, 4.69) is 10.6 Å². The molecule has 2 rings (SSSR count). The van der Waals surface area contributed by atoms with Crippen molar-refractivity contribution in [3.05, 3.63) is 54.6 Å². The minimum Gasteiger partial charge on any atom is -0.356 e. The number of carbonyl (C=O) groups excluding carboxylic acids is 1. The quantitative estimate of drug-likeness (QED) is 0.860. The zero-order valence-corrected chi connectivity index (χ0v) is 13.3. The SMILES string of the molecule is CCNC(=O)N(c1ccc(Nc2ccccc2)cc1)C(C)C. The second-order valence-corrected chi connectivity index (χ2v) is 5.34. The largest absolute Gasteiger partial charge is 0.356 e. The number of anilines is 3. The Morgan fingerprint density at radius 3 is 2.14 bits per heavy atom. The molecule has 0 aromatic heterocycles. The molecule has 4 nitrogen and oxygen atoms in total. The topological polar surface area (TPSA) is 44.4 Å². The first kappa shape index (κ1) is 15.9. The van der Waals surface area contributed by atoms with Gasteiger partial charge >= 0.3 is 6.03 Å². The Labute approximate surface area is 132 Å². The summed E-state index contributed by atoms with van der Waals surface area (Å²) in [7, 11) is 0. The van der Waals surface area contributed by atoms with Crippen molar-refractivity contribution in [2.24, 2.45) is 0 Å². The lowest BCUT2D eigenvalue weighted by molar-refractivity contribution is 0.245. The smallest absolute Gasteiger partial charge is 0.322 e. The van der Waals surface area contributed by atoms with Crippen LogP contribution in [-0.2, 0) is 0 Å². The first-order chi connectivity index (χ1) is 10.6. The van der Waals surface area contributed by atoms with Gasteiger partial charge in [-0.05, 0) is 57.2 Å². The minimum absolute atomic E-state index is 0.0683. The number of nitrogens with zero attached hydrogens (tertiary/aromatic N) is 1. The van der Waals surface area contributed by atoms with Gasteiger partial charge in [-0.1, -0.05) is 18.2 Å². The third kappa shape index (κ3) is 4.01. The van der Waals surface area contributed by atoms with Crippen LogP contribution in [0.25, 0.3) is 0 Å². The molecule has 116 valence electrons. The van der Waals surface area contributed by atoms with Gasteiger partial charge in [0.1, 0.15) is 0 Å². The van der Waals surface area contributed by atoms with Crippen LogP contribution in [0, 0.1) is 0 Å². The Balaban J connectivity index is 2.14. The fraction of sp³-hybridized carbons (Fsp3) is 0.278. The molecular weight excluding hydrogens is 274 g/mol. The monoisotopic (exact) mass is 297 g/mol. The lowest BCUT2D eigenvalue weighted by Crippen LogP contribution is -2.44. The summed E-state index contributed by atoms with van der Waals surface area (Å²) in [6.45, 7) is 6.55. The van der Waals surface area contributed by atoms with E-state index < -0.39 is 0 Å². The molecule has 0 radical (unpaired) electrons. The van der Waals surface area contributed by atoms with Crippen LogP contribution in [-0.4, -0.2) is 18.6 Å². The van der Waals surface area contributed by atoms with Crippen molar-refractivity contribution in [3.63, 3.8) is 0 Å². The molecule has 0 spiro atoms. The van der Waals surface area contributed by atoms with Gasteiger partial charge in [-0.15, -0.1) is 0 Å². The number of nitrogens with one attached hydrogen (secondary N) is 2. The number of amides is 2. The third-order valence-corrected chi connectivity index (χ3v) is 3.27. The van der Waals surface area contributed by atoms with E-state index in [9.17, 15) is 4.79 Å². The summed E-state index contributed by atoms with van der Waals surface area (Å²) < 4.78 is 0. The molecule has 0 unspecified atom stereocenters. The highest BCUT2D eigenvalue weighted by atomic mass is 16.2. The van der Waals surface area contributed by atoms with Crippen LogP contribution < -0.4 is 15.5 Å². The predicted molar refractivity (Wildman–Crippen MR) is 92.9 cm³/mol. The van der Waals surface area contributed by atoms with Crippen molar-refractivity contribution in [1.29, 1.82) is 0 Å². The van der Waals surface area contributed by atoms with E-state index in [1.165, 1.54) is 0 Å². The maximum absolute atomic E-state index is 12.2. The minimum atomic E-state index is -0.0683. The Kier molecular flexibility index (Phi) is 5.42. The zero-order valence-electron chi connectivity index (χ0n) is 13.3. The van der Waals surface area contributed by atoms with E-state index >= 15 is 0 Å². The van der Waals surface area contributed by atoms with Crippen molar-refractivity contribution >= 4 is 23.1 Å². The fourth-order valence-corrected chi connectivity index (χ4v) is 2.28. The number of urea groups is 1. The summed E-state index contributed by atoms with van der Waals surface area (Å²) in [6, 6.07) is 17.9. The van der Waals surface area contributed by atoms with E-state index in [0.29, 0.717) is 6.54 Å². The van der Waals surface area contributed by atoms with Gasteiger partial charge < -0.3 is 10.6 Å². The van der Waals surface area contributed by atoms with Crippen LogP contribution in [0.4, 0.5) is 21.9 Å². The molecule has 0 bridgehead atoms. The van der Waals surface area contributed by atoms with E-state index in [-0.39, 0.29) is 12.1 Å². The van der Waals surface area contributed by atoms with Gasteiger partial charge in [-0.2, -0.15) is 0 Å². The van der Waals surface area contributed by atoms with Crippen LogP contribution >= 0.6 is 0 Å². The van der Waals surface area contributed by atoms with Crippen molar-refractivity contribution in [2.45, 2.75) is 26.8 Å². The van der Waals surface area contributed by atoms with Gasteiger partial charge in [-0.3, -0.25) is 4.90 Å². The first-order valence-electron chi connectivity index (χ1n) is 7.61. The molecule has 0 atom stereocenters. The average Bonchev–Trinajstić information content (AvgIpc) is 2.50. The molecule has 0 aliphatic carbocycles. The van der Waals surface area contributed by atoms with Crippen LogP contribution in [0.15, 0.2) is 54.6 Å². The van der Waals surface area contributed by atoms with Gasteiger partial charge in [0.05, 0.1) is 0 Å². The first-order valence-corrected chi connectivity index (χ1v) is 7.61. The number of benzene rings is 2. The van der Waals surface area contributed by atoms with Crippen LogP contribution in [0.1, 0.15) is 20.8 Å². The van der Waals surface area contributed by atoms with E-state index in [0.717, 1.165) is 17.1 Å². The lowest BCUT2D eigenvalue weighted by atomic mass is 10.2. The molecule has 2 aromatic carbocycles. The molecule has 2 N–H and O–H groups in total. The Hall–Kier alpha value is -2.49. The summed E-state index contributed by atoms with van der Waals surface area (Å²) >= 11 is 0. The highest BCUT2D eigenvalue weighted by molar-refractivity contribution is 5.92. The lowest BCUT2D eigenvalue weighted by Gasteiger charge is -2.27. The second-order valence-electron chi connectivity index (χ2n) is 5.34. The van der Waals surface area contributed by atoms with Crippen molar-refractivity contribution in [1.82, 2.24) is 5.32 Å². The van der Waals surface area contributed by atoms with Crippen molar-refractivity contribution in [2.75, 3.05) is 16.8 Å². The van der Waals surface area contributed by atoms with Crippen LogP contribution in [0.5, 0.6) is 0 Å². The van der Waals surface area contributed by atoms with Gasteiger partial charge in [-0.25, -0.2) is 4.79 Å². The average molecular weight is 297 g/mol. The highest BCUT2D eigenvalue weighted by Crippen LogP contribution is 2.22. The van der Waals surface area contributed by atoms with Crippen molar-refractivity contribution < 1.29 is 4.79 Å². The van der Waals surface area contributed by atoms with E-state index in [4.69, 9.17) is 0 Å². The van der Waals surface area contributed by atoms with Gasteiger partial charge in [0.15, 0.2) is 0 Å². The zero-order chi connectivity index (χ0) is 15.9. The van der Waals surface area contributed by atoms with Crippen molar-refractivity contribution in [3.8, 4) is 0 Å². The van der Waals surface area contributed by atoms with Gasteiger partial charge in [0.2, 0.25) is 0 Å².